The summed E-state index contributed by atoms with van der Waals surface area (Å²) in [5.41, 5.74) is 2.54. The Morgan fingerprint density at radius 3 is 2.55 bits per heavy atom. The first kappa shape index (κ1) is 13.5. The van der Waals surface area contributed by atoms with Crippen LogP contribution in [0.2, 0.25) is 0 Å². The van der Waals surface area contributed by atoms with Gasteiger partial charge in [0.25, 0.3) is 0 Å². The Morgan fingerprint density at radius 1 is 1.20 bits per heavy atom. The topological polar surface area (TPSA) is 32.3 Å². The van der Waals surface area contributed by atoms with Gasteiger partial charge in [-0.3, -0.25) is 0 Å². The lowest BCUT2D eigenvalue weighted by Gasteiger charge is -2.40. The average molecular weight is 272 g/mol. The summed E-state index contributed by atoms with van der Waals surface area (Å²) in [5.74, 6) is 0.524. The molecule has 1 saturated heterocycles. The molecule has 108 valence electrons. The lowest BCUT2D eigenvalue weighted by molar-refractivity contribution is 0.119. The molecule has 0 aromatic heterocycles. The molecule has 0 unspecified atom stereocenters. The van der Waals surface area contributed by atoms with Crippen LogP contribution >= 0.6 is 0 Å². The Labute approximate surface area is 121 Å². The second-order valence-electron chi connectivity index (χ2n) is 6.39. The normalized spacial score (nSPS) is 26.4. The number of likely N-dealkylation sites (tertiary alicyclic amines) is 1. The van der Waals surface area contributed by atoms with Crippen molar-refractivity contribution in [2.45, 2.75) is 51.6 Å². The Morgan fingerprint density at radius 2 is 1.90 bits per heavy atom. The summed E-state index contributed by atoms with van der Waals surface area (Å²) in [6, 6.07) is 9.44. The van der Waals surface area contributed by atoms with E-state index in [9.17, 15) is 4.79 Å². The third-order valence-corrected chi connectivity index (χ3v) is 4.52. The number of nitrogens with zero attached hydrogens (tertiary/aromatic N) is 1. The van der Waals surface area contributed by atoms with E-state index in [1.165, 1.54) is 17.5 Å². The summed E-state index contributed by atoms with van der Waals surface area (Å²) in [5, 5.41) is 3.14. The molecule has 2 aliphatic rings. The number of amides is 2. The van der Waals surface area contributed by atoms with E-state index in [2.05, 4.69) is 48.3 Å². The minimum atomic E-state index is 0.129. The zero-order chi connectivity index (χ0) is 14.1. The number of piperidine rings is 1. The maximum atomic E-state index is 12.5. The molecule has 3 rings (SSSR count). The molecule has 1 heterocycles. The van der Waals surface area contributed by atoms with Crippen LogP contribution in [0.5, 0.6) is 0 Å². The summed E-state index contributed by atoms with van der Waals surface area (Å²) < 4.78 is 0. The van der Waals surface area contributed by atoms with Crippen LogP contribution in [0.4, 0.5) is 4.79 Å². The van der Waals surface area contributed by atoms with E-state index in [4.69, 9.17) is 0 Å². The fourth-order valence-corrected chi connectivity index (χ4v) is 3.17. The number of nitrogens with one attached hydrogen (secondary N) is 1. The molecule has 2 atom stereocenters. The van der Waals surface area contributed by atoms with Gasteiger partial charge in [-0.25, -0.2) is 4.79 Å². The van der Waals surface area contributed by atoms with Gasteiger partial charge in [0.15, 0.2) is 0 Å². The molecule has 1 aliphatic heterocycles. The number of hydrogen-bond acceptors (Lipinski definition) is 1. The van der Waals surface area contributed by atoms with Crippen LogP contribution in [0.15, 0.2) is 24.3 Å². The zero-order valence-electron chi connectivity index (χ0n) is 12.4. The first-order valence-electron chi connectivity index (χ1n) is 7.79. The molecule has 20 heavy (non-hydrogen) atoms. The van der Waals surface area contributed by atoms with Crippen LogP contribution in [0.3, 0.4) is 0 Å². The SMILES string of the molecule is Cc1ccc([C@@H]2[C@H](C)CCCN2C(=O)NC2CC2)cc1. The van der Waals surface area contributed by atoms with Gasteiger partial charge in [0.2, 0.25) is 0 Å². The Kier molecular flexibility index (Phi) is 3.68. The second-order valence-corrected chi connectivity index (χ2v) is 6.39. The summed E-state index contributed by atoms with van der Waals surface area (Å²) in [7, 11) is 0. The van der Waals surface area contributed by atoms with E-state index in [1.807, 2.05) is 0 Å². The molecular weight excluding hydrogens is 248 g/mol. The first-order valence-corrected chi connectivity index (χ1v) is 7.79. The monoisotopic (exact) mass is 272 g/mol. The molecule has 1 saturated carbocycles. The second kappa shape index (κ2) is 5.47. The highest BCUT2D eigenvalue weighted by Gasteiger charge is 2.35. The molecule has 2 fully saturated rings. The van der Waals surface area contributed by atoms with E-state index in [1.54, 1.807) is 0 Å². The number of carbonyl (C=O) groups is 1. The standard InChI is InChI=1S/C17H24N2O/c1-12-5-7-14(8-6-12)16-13(2)4-3-11-19(16)17(20)18-15-9-10-15/h5-8,13,15-16H,3-4,9-11H2,1-2H3,(H,18,20)/t13-,16+/m1/s1. The van der Waals surface area contributed by atoms with Crippen LogP contribution in [-0.4, -0.2) is 23.5 Å². The van der Waals surface area contributed by atoms with Gasteiger partial charge in [-0.2, -0.15) is 0 Å². The number of hydrogen-bond donors (Lipinski definition) is 1. The first-order chi connectivity index (χ1) is 9.65. The molecule has 1 N–H and O–H groups in total. The van der Waals surface area contributed by atoms with Crippen LogP contribution < -0.4 is 5.32 Å². The van der Waals surface area contributed by atoms with E-state index < -0.39 is 0 Å². The summed E-state index contributed by atoms with van der Waals surface area (Å²) >= 11 is 0. The maximum Gasteiger partial charge on any atom is 0.318 e. The van der Waals surface area contributed by atoms with E-state index in [0.717, 1.165) is 25.8 Å². The predicted molar refractivity (Wildman–Crippen MR) is 80.6 cm³/mol. The quantitative estimate of drug-likeness (QED) is 0.876. The fraction of sp³-hybridized carbons (Fsp3) is 0.588. The predicted octanol–water partition coefficient (Wildman–Crippen LogP) is 3.64. The smallest absolute Gasteiger partial charge is 0.318 e. The Hall–Kier alpha value is -1.51. The molecular formula is C17H24N2O. The number of aryl methyl sites for hydroxylation is 1. The molecule has 3 heteroatoms. The van der Waals surface area contributed by atoms with Crippen molar-refractivity contribution in [3.63, 3.8) is 0 Å². The van der Waals surface area contributed by atoms with Crippen LogP contribution in [0.25, 0.3) is 0 Å². The van der Waals surface area contributed by atoms with Crippen molar-refractivity contribution in [2.24, 2.45) is 5.92 Å². The minimum Gasteiger partial charge on any atom is -0.335 e. The Balaban J connectivity index is 1.81. The van der Waals surface area contributed by atoms with Gasteiger partial charge in [-0.1, -0.05) is 36.8 Å². The van der Waals surface area contributed by atoms with Crippen molar-refractivity contribution in [3.05, 3.63) is 35.4 Å². The lowest BCUT2D eigenvalue weighted by atomic mass is 9.86. The highest BCUT2D eigenvalue weighted by atomic mass is 16.2. The minimum absolute atomic E-state index is 0.129. The summed E-state index contributed by atoms with van der Waals surface area (Å²) in [6.45, 7) is 5.24. The van der Waals surface area contributed by atoms with Crippen molar-refractivity contribution in [1.82, 2.24) is 10.2 Å². The van der Waals surface area contributed by atoms with E-state index >= 15 is 0 Å². The van der Waals surface area contributed by atoms with Gasteiger partial charge in [0, 0.05) is 12.6 Å². The Bertz CT molecular complexity index is 478. The van der Waals surface area contributed by atoms with Crippen LogP contribution in [-0.2, 0) is 0 Å². The van der Waals surface area contributed by atoms with Crippen molar-refractivity contribution in [3.8, 4) is 0 Å². The number of rotatable bonds is 2. The van der Waals surface area contributed by atoms with Crippen LogP contribution in [0.1, 0.15) is 49.8 Å². The molecule has 1 aromatic carbocycles. The number of carbonyl (C=O) groups excluding carboxylic acids is 1. The molecule has 2 amide bonds. The zero-order valence-corrected chi connectivity index (χ0v) is 12.4. The van der Waals surface area contributed by atoms with Crippen molar-refractivity contribution in [1.29, 1.82) is 0 Å². The third kappa shape index (κ3) is 2.82. The summed E-state index contributed by atoms with van der Waals surface area (Å²) in [4.78, 5) is 14.5. The molecule has 1 aromatic rings. The highest BCUT2D eigenvalue weighted by molar-refractivity contribution is 5.75. The van der Waals surface area contributed by atoms with Gasteiger partial charge in [0.05, 0.1) is 6.04 Å². The summed E-state index contributed by atoms with van der Waals surface area (Å²) in [6.07, 6.45) is 4.60. The maximum absolute atomic E-state index is 12.5. The number of benzene rings is 1. The van der Waals surface area contributed by atoms with Crippen molar-refractivity contribution in [2.75, 3.05) is 6.54 Å². The molecule has 0 spiro atoms. The molecule has 1 aliphatic carbocycles. The van der Waals surface area contributed by atoms with Gasteiger partial charge in [0.1, 0.15) is 0 Å². The average Bonchev–Trinajstić information content (AvgIpc) is 3.23. The fourth-order valence-electron chi connectivity index (χ4n) is 3.17. The van der Waals surface area contributed by atoms with Gasteiger partial charge < -0.3 is 10.2 Å². The molecule has 3 nitrogen and oxygen atoms in total. The third-order valence-electron chi connectivity index (χ3n) is 4.52. The highest BCUT2D eigenvalue weighted by Crippen LogP contribution is 2.36. The van der Waals surface area contributed by atoms with Crippen LogP contribution in [0, 0.1) is 12.8 Å². The largest absolute Gasteiger partial charge is 0.335 e. The van der Waals surface area contributed by atoms with Crippen molar-refractivity contribution < 1.29 is 4.79 Å². The van der Waals surface area contributed by atoms with Crippen molar-refractivity contribution >= 4 is 6.03 Å². The van der Waals surface area contributed by atoms with Gasteiger partial charge in [-0.15, -0.1) is 0 Å². The number of urea groups is 1. The molecule has 0 radical (unpaired) electrons. The molecule has 0 bridgehead atoms. The van der Waals surface area contributed by atoms with Gasteiger partial charge >= 0.3 is 6.03 Å². The van der Waals surface area contributed by atoms with E-state index in [-0.39, 0.29) is 12.1 Å². The lowest BCUT2D eigenvalue weighted by Crippen LogP contribution is -2.47. The van der Waals surface area contributed by atoms with Gasteiger partial charge in [-0.05, 0) is 44.1 Å². The van der Waals surface area contributed by atoms with E-state index in [0.29, 0.717) is 12.0 Å².